The van der Waals surface area contributed by atoms with Crippen LogP contribution in [0.25, 0.3) is 5.13 Å². The minimum absolute atomic E-state index is 0.0527. The van der Waals surface area contributed by atoms with E-state index in [1.165, 1.54) is 11.3 Å². The molecule has 90 valence electrons. The van der Waals surface area contributed by atoms with E-state index in [0.717, 1.165) is 22.2 Å². The fourth-order valence-corrected chi connectivity index (χ4v) is 2.42. The summed E-state index contributed by atoms with van der Waals surface area (Å²) < 4.78 is 1.59. The van der Waals surface area contributed by atoms with Gasteiger partial charge in [-0.2, -0.15) is 0 Å². The van der Waals surface area contributed by atoms with Gasteiger partial charge in [-0.05, 0) is 32.9 Å². The lowest BCUT2D eigenvalue weighted by atomic mass is 10.4. The second-order valence-corrected chi connectivity index (χ2v) is 4.95. The lowest BCUT2D eigenvalue weighted by Crippen LogP contribution is -2.21. The van der Waals surface area contributed by atoms with Gasteiger partial charge in [0.2, 0.25) is 0 Å². The van der Waals surface area contributed by atoms with E-state index in [1.807, 2.05) is 26.8 Å². The predicted molar refractivity (Wildman–Crippen MR) is 71.3 cm³/mol. The summed E-state index contributed by atoms with van der Waals surface area (Å²) in [7, 11) is 0. The molecule has 0 aromatic carbocycles. The third kappa shape index (κ3) is 2.24. The van der Waals surface area contributed by atoms with Gasteiger partial charge in [-0.15, -0.1) is 11.3 Å². The highest BCUT2D eigenvalue weighted by atomic mass is 32.1. The Bertz CT molecular complexity index is 566. The second kappa shape index (κ2) is 4.71. The molecule has 5 heteroatoms. The Hall–Kier alpha value is -1.62. The summed E-state index contributed by atoms with van der Waals surface area (Å²) in [6, 6.07) is 3.64. The zero-order valence-electron chi connectivity index (χ0n) is 10.2. The zero-order valence-corrected chi connectivity index (χ0v) is 11.0. The highest BCUT2D eigenvalue weighted by molar-refractivity contribution is 7.14. The van der Waals surface area contributed by atoms with Gasteiger partial charge in [0.15, 0.2) is 5.13 Å². The van der Waals surface area contributed by atoms with Crippen molar-refractivity contribution in [1.82, 2.24) is 9.55 Å². The number of aromatic nitrogens is 2. The molecule has 2 heterocycles. The van der Waals surface area contributed by atoms with E-state index in [9.17, 15) is 4.79 Å². The van der Waals surface area contributed by atoms with Crippen LogP contribution in [0.1, 0.15) is 17.5 Å². The van der Waals surface area contributed by atoms with Crippen molar-refractivity contribution in [3.63, 3.8) is 0 Å². The molecule has 0 saturated heterocycles. The smallest absolute Gasteiger partial charge is 0.280 e. The third-order valence-corrected chi connectivity index (χ3v) is 3.61. The number of anilines is 1. The predicted octanol–water partition coefficient (Wildman–Crippen LogP) is 2.34. The molecular formula is C12H15N3OS. The summed E-state index contributed by atoms with van der Waals surface area (Å²) in [5, 5.41) is 3.78. The normalized spacial score (nSPS) is 10.5. The van der Waals surface area contributed by atoms with E-state index >= 15 is 0 Å². The van der Waals surface area contributed by atoms with Crippen LogP contribution in [-0.2, 0) is 0 Å². The zero-order chi connectivity index (χ0) is 12.4. The van der Waals surface area contributed by atoms with E-state index in [1.54, 1.807) is 16.8 Å². The monoisotopic (exact) mass is 249 g/mol. The van der Waals surface area contributed by atoms with Gasteiger partial charge >= 0.3 is 0 Å². The van der Waals surface area contributed by atoms with Gasteiger partial charge in [0, 0.05) is 17.6 Å². The van der Waals surface area contributed by atoms with Crippen molar-refractivity contribution in [1.29, 1.82) is 0 Å². The highest BCUT2D eigenvalue weighted by Crippen LogP contribution is 2.19. The molecule has 0 amide bonds. The molecule has 0 radical (unpaired) electrons. The molecule has 17 heavy (non-hydrogen) atoms. The molecular weight excluding hydrogens is 234 g/mol. The van der Waals surface area contributed by atoms with Crippen molar-refractivity contribution in [2.45, 2.75) is 20.8 Å². The Morgan fingerprint density at radius 3 is 2.82 bits per heavy atom. The second-order valence-electron chi connectivity index (χ2n) is 3.77. The first kappa shape index (κ1) is 11.9. The molecule has 0 atom stereocenters. The maximum Gasteiger partial charge on any atom is 0.280 e. The molecule has 2 aromatic heterocycles. The lowest BCUT2D eigenvalue weighted by Gasteiger charge is -2.05. The Balaban J connectivity index is 2.52. The van der Waals surface area contributed by atoms with Crippen LogP contribution in [0.15, 0.2) is 23.1 Å². The van der Waals surface area contributed by atoms with Crippen molar-refractivity contribution < 1.29 is 0 Å². The Labute approximate surface area is 104 Å². The van der Waals surface area contributed by atoms with Crippen LogP contribution in [0, 0.1) is 13.8 Å². The first-order valence-electron chi connectivity index (χ1n) is 5.53. The van der Waals surface area contributed by atoms with Gasteiger partial charge in [0.1, 0.15) is 5.69 Å². The van der Waals surface area contributed by atoms with Crippen LogP contribution < -0.4 is 10.9 Å². The number of thiazole rings is 1. The van der Waals surface area contributed by atoms with Gasteiger partial charge in [-0.3, -0.25) is 9.36 Å². The minimum Gasteiger partial charge on any atom is -0.381 e. The largest absolute Gasteiger partial charge is 0.381 e. The molecule has 0 aliphatic heterocycles. The van der Waals surface area contributed by atoms with Gasteiger partial charge in [-0.1, -0.05) is 0 Å². The summed E-state index contributed by atoms with van der Waals surface area (Å²) in [4.78, 5) is 17.7. The summed E-state index contributed by atoms with van der Waals surface area (Å²) in [5.41, 5.74) is 1.54. The first-order valence-corrected chi connectivity index (χ1v) is 6.35. The molecule has 0 unspecified atom stereocenters. The van der Waals surface area contributed by atoms with Crippen molar-refractivity contribution in [3.8, 4) is 5.13 Å². The number of rotatable bonds is 3. The van der Waals surface area contributed by atoms with E-state index in [-0.39, 0.29) is 5.56 Å². The highest BCUT2D eigenvalue weighted by Gasteiger charge is 2.09. The van der Waals surface area contributed by atoms with Crippen LogP contribution in [-0.4, -0.2) is 16.1 Å². The maximum atomic E-state index is 12.1. The third-order valence-electron chi connectivity index (χ3n) is 2.54. The number of pyridine rings is 1. The molecule has 2 rings (SSSR count). The standard InChI is InChI=1S/C12H15N3OS/c1-4-13-10-6-5-7-15(11(10)16)12-14-8(2)9(3)17-12/h5-7,13H,4H2,1-3H3. The van der Waals surface area contributed by atoms with Crippen molar-refractivity contribution in [3.05, 3.63) is 39.3 Å². The molecule has 0 bridgehead atoms. The number of hydrogen-bond donors (Lipinski definition) is 1. The molecule has 0 fully saturated rings. The van der Waals surface area contributed by atoms with Gasteiger partial charge in [0.25, 0.3) is 5.56 Å². The van der Waals surface area contributed by atoms with Crippen LogP contribution in [0.4, 0.5) is 5.69 Å². The van der Waals surface area contributed by atoms with Gasteiger partial charge < -0.3 is 5.32 Å². The molecule has 0 aliphatic rings. The number of aryl methyl sites for hydroxylation is 2. The van der Waals surface area contributed by atoms with Gasteiger partial charge in [0.05, 0.1) is 5.69 Å². The molecule has 0 saturated carbocycles. The van der Waals surface area contributed by atoms with Crippen molar-refractivity contribution >= 4 is 17.0 Å². The summed E-state index contributed by atoms with van der Waals surface area (Å²) >= 11 is 1.53. The SMILES string of the molecule is CCNc1cccn(-c2nc(C)c(C)s2)c1=O. The molecule has 1 N–H and O–H groups in total. The van der Waals surface area contributed by atoms with E-state index in [0.29, 0.717) is 5.69 Å². The molecule has 0 spiro atoms. The van der Waals surface area contributed by atoms with Crippen LogP contribution >= 0.6 is 11.3 Å². The fraction of sp³-hybridized carbons (Fsp3) is 0.333. The van der Waals surface area contributed by atoms with E-state index < -0.39 is 0 Å². The van der Waals surface area contributed by atoms with Crippen LogP contribution in [0.5, 0.6) is 0 Å². The van der Waals surface area contributed by atoms with Crippen molar-refractivity contribution in [2.75, 3.05) is 11.9 Å². The summed E-state index contributed by atoms with van der Waals surface area (Å²) in [6.07, 6.45) is 1.75. The summed E-state index contributed by atoms with van der Waals surface area (Å²) in [5.74, 6) is 0. The quantitative estimate of drug-likeness (QED) is 0.908. The number of hydrogen-bond acceptors (Lipinski definition) is 4. The van der Waals surface area contributed by atoms with Crippen LogP contribution in [0.2, 0.25) is 0 Å². The Kier molecular flexibility index (Phi) is 3.28. The topological polar surface area (TPSA) is 46.9 Å². The molecule has 2 aromatic rings. The summed E-state index contributed by atoms with van der Waals surface area (Å²) in [6.45, 7) is 6.66. The minimum atomic E-state index is -0.0527. The Morgan fingerprint density at radius 2 is 2.24 bits per heavy atom. The van der Waals surface area contributed by atoms with E-state index in [4.69, 9.17) is 0 Å². The van der Waals surface area contributed by atoms with Gasteiger partial charge in [-0.25, -0.2) is 4.98 Å². The van der Waals surface area contributed by atoms with E-state index in [2.05, 4.69) is 10.3 Å². The molecule has 4 nitrogen and oxygen atoms in total. The first-order chi connectivity index (χ1) is 8.13. The van der Waals surface area contributed by atoms with Crippen molar-refractivity contribution in [2.24, 2.45) is 0 Å². The maximum absolute atomic E-state index is 12.1. The Morgan fingerprint density at radius 1 is 1.47 bits per heavy atom. The lowest BCUT2D eigenvalue weighted by molar-refractivity contribution is 0.959. The van der Waals surface area contributed by atoms with Crippen LogP contribution in [0.3, 0.4) is 0 Å². The molecule has 0 aliphatic carbocycles. The fourth-order valence-electron chi connectivity index (χ4n) is 1.53. The average molecular weight is 249 g/mol. The number of nitrogens with one attached hydrogen (secondary N) is 1. The number of nitrogens with zero attached hydrogens (tertiary/aromatic N) is 2. The average Bonchev–Trinajstić information content (AvgIpc) is 2.62.